The fourth-order valence-electron chi connectivity index (χ4n) is 1.62. The minimum Gasteiger partial charge on any atom is -0.321 e. The summed E-state index contributed by atoms with van der Waals surface area (Å²) in [5, 5.41) is 5.82. The highest BCUT2D eigenvalue weighted by Gasteiger charge is 2.33. The molecule has 2 aromatic rings. The normalized spacial score (nSPS) is 11.5. The summed E-state index contributed by atoms with van der Waals surface area (Å²) >= 11 is 8.65. The van der Waals surface area contributed by atoms with Crippen molar-refractivity contribution in [1.82, 2.24) is 9.78 Å². The van der Waals surface area contributed by atoms with Gasteiger partial charge in [0.25, 0.3) is 5.91 Å². The number of carbonyl (C=O) groups excluding carboxylic acids is 1. The number of nitrogens with zero attached hydrogens (tertiary/aromatic N) is 2. The van der Waals surface area contributed by atoms with Gasteiger partial charge < -0.3 is 5.32 Å². The van der Waals surface area contributed by atoms with Gasteiger partial charge in [-0.05, 0) is 34.1 Å². The second-order valence-corrected chi connectivity index (χ2v) is 5.41. The van der Waals surface area contributed by atoms with Crippen LogP contribution in [0.1, 0.15) is 16.1 Å². The van der Waals surface area contributed by atoms with E-state index in [-0.39, 0.29) is 11.4 Å². The molecule has 1 aromatic carbocycles. The summed E-state index contributed by atoms with van der Waals surface area (Å²) in [6.45, 7) is 0. The third kappa shape index (κ3) is 3.56. The van der Waals surface area contributed by atoms with Crippen LogP contribution in [0.2, 0.25) is 5.02 Å². The molecule has 0 saturated carbocycles. The zero-order valence-electron chi connectivity index (χ0n) is 10.5. The smallest absolute Gasteiger partial charge is 0.321 e. The fraction of sp³-hybridized carbons (Fsp3) is 0.167. The van der Waals surface area contributed by atoms with Crippen LogP contribution < -0.4 is 5.32 Å². The number of rotatable bonds is 2. The number of hydrogen-bond donors (Lipinski definition) is 1. The zero-order valence-corrected chi connectivity index (χ0v) is 12.8. The molecule has 21 heavy (non-hydrogen) atoms. The summed E-state index contributed by atoms with van der Waals surface area (Å²) in [4.78, 5) is 12.0. The number of benzene rings is 1. The van der Waals surface area contributed by atoms with Crippen molar-refractivity contribution >= 4 is 39.1 Å². The summed E-state index contributed by atoms with van der Waals surface area (Å²) in [6, 6.07) is 3.14. The average molecular weight is 383 g/mol. The third-order valence-corrected chi connectivity index (χ3v) is 3.44. The summed E-state index contributed by atoms with van der Waals surface area (Å²) in [7, 11) is 1.62. The van der Waals surface area contributed by atoms with E-state index in [0.717, 1.165) is 12.1 Å². The van der Waals surface area contributed by atoms with E-state index in [1.165, 1.54) is 10.7 Å². The molecule has 4 nitrogen and oxygen atoms in total. The Bertz CT molecular complexity index is 700. The number of alkyl halides is 3. The second-order valence-electron chi connectivity index (χ2n) is 4.15. The summed E-state index contributed by atoms with van der Waals surface area (Å²) in [5.74, 6) is -0.627. The van der Waals surface area contributed by atoms with Crippen molar-refractivity contribution in [3.63, 3.8) is 0 Å². The molecule has 1 heterocycles. The minimum atomic E-state index is -4.59. The molecule has 1 aromatic heterocycles. The Hall–Kier alpha value is -1.54. The SMILES string of the molecule is Cn1cc(Br)c(C(=O)Nc2ccc(Cl)c(C(F)(F)F)c2)n1. The molecule has 0 aliphatic carbocycles. The van der Waals surface area contributed by atoms with Crippen molar-refractivity contribution in [2.45, 2.75) is 6.18 Å². The highest BCUT2D eigenvalue weighted by atomic mass is 79.9. The Morgan fingerprint density at radius 3 is 2.62 bits per heavy atom. The van der Waals surface area contributed by atoms with Crippen LogP contribution in [-0.4, -0.2) is 15.7 Å². The van der Waals surface area contributed by atoms with Crippen molar-refractivity contribution in [2.24, 2.45) is 7.05 Å². The molecular formula is C12H8BrClF3N3O. The molecule has 9 heteroatoms. The van der Waals surface area contributed by atoms with Gasteiger partial charge in [-0.25, -0.2) is 0 Å². The quantitative estimate of drug-likeness (QED) is 0.850. The lowest BCUT2D eigenvalue weighted by Crippen LogP contribution is -2.15. The Labute approximate surface area is 131 Å². The van der Waals surface area contributed by atoms with Crippen LogP contribution in [0.25, 0.3) is 0 Å². The predicted molar refractivity (Wildman–Crippen MR) is 75.3 cm³/mol. The van der Waals surface area contributed by atoms with Crippen LogP contribution in [0.4, 0.5) is 18.9 Å². The van der Waals surface area contributed by atoms with Crippen molar-refractivity contribution in [1.29, 1.82) is 0 Å². The summed E-state index contributed by atoms with van der Waals surface area (Å²) in [5.41, 5.74) is -0.961. The van der Waals surface area contributed by atoms with Crippen LogP contribution in [0.3, 0.4) is 0 Å². The maximum atomic E-state index is 12.7. The molecule has 0 atom stereocenters. The van der Waals surface area contributed by atoms with Gasteiger partial charge in [-0.2, -0.15) is 18.3 Å². The molecule has 0 unspecified atom stereocenters. The maximum Gasteiger partial charge on any atom is 0.417 e. The third-order valence-electron chi connectivity index (χ3n) is 2.53. The molecule has 0 bridgehead atoms. The number of aromatic nitrogens is 2. The molecule has 0 aliphatic rings. The fourth-order valence-corrected chi connectivity index (χ4v) is 2.40. The predicted octanol–water partition coefficient (Wildman–Crippen LogP) is 4.11. The summed E-state index contributed by atoms with van der Waals surface area (Å²) in [6.07, 6.45) is -3.04. The first kappa shape index (κ1) is 15.8. The lowest BCUT2D eigenvalue weighted by Gasteiger charge is -2.11. The number of carbonyl (C=O) groups is 1. The van der Waals surface area contributed by atoms with E-state index in [4.69, 9.17) is 11.6 Å². The van der Waals surface area contributed by atoms with Gasteiger partial charge in [0.05, 0.1) is 15.1 Å². The van der Waals surface area contributed by atoms with Gasteiger partial charge in [0, 0.05) is 18.9 Å². The lowest BCUT2D eigenvalue weighted by molar-refractivity contribution is -0.137. The molecule has 2 rings (SSSR count). The van der Waals surface area contributed by atoms with Crippen molar-refractivity contribution < 1.29 is 18.0 Å². The van der Waals surface area contributed by atoms with E-state index in [9.17, 15) is 18.0 Å². The van der Waals surface area contributed by atoms with Crippen LogP contribution in [-0.2, 0) is 13.2 Å². The van der Waals surface area contributed by atoms with Gasteiger partial charge in [0.2, 0.25) is 0 Å². The monoisotopic (exact) mass is 381 g/mol. The van der Waals surface area contributed by atoms with Gasteiger partial charge in [-0.15, -0.1) is 0 Å². The van der Waals surface area contributed by atoms with E-state index < -0.39 is 22.7 Å². The molecule has 1 amide bonds. The number of anilines is 1. The number of halogens is 5. The van der Waals surface area contributed by atoms with Gasteiger partial charge in [-0.3, -0.25) is 9.48 Å². The van der Waals surface area contributed by atoms with Gasteiger partial charge in [0.15, 0.2) is 5.69 Å². The molecule has 1 N–H and O–H groups in total. The van der Waals surface area contributed by atoms with Gasteiger partial charge in [0.1, 0.15) is 0 Å². The van der Waals surface area contributed by atoms with Crippen molar-refractivity contribution in [3.8, 4) is 0 Å². The molecule has 0 saturated heterocycles. The first-order chi connectivity index (χ1) is 9.68. The van der Waals surface area contributed by atoms with E-state index >= 15 is 0 Å². The van der Waals surface area contributed by atoms with Crippen LogP contribution in [0.5, 0.6) is 0 Å². The number of aryl methyl sites for hydroxylation is 1. The lowest BCUT2D eigenvalue weighted by atomic mass is 10.2. The highest BCUT2D eigenvalue weighted by Crippen LogP contribution is 2.36. The Morgan fingerprint density at radius 2 is 2.10 bits per heavy atom. The Balaban J connectivity index is 2.28. The van der Waals surface area contributed by atoms with Crippen molar-refractivity contribution in [2.75, 3.05) is 5.32 Å². The van der Waals surface area contributed by atoms with Crippen LogP contribution in [0.15, 0.2) is 28.9 Å². The topological polar surface area (TPSA) is 46.9 Å². The molecule has 112 valence electrons. The van der Waals surface area contributed by atoms with E-state index in [0.29, 0.717) is 4.47 Å². The zero-order chi connectivity index (χ0) is 15.8. The van der Waals surface area contributed by atoms with Gasteiger partial charge >= 0.3 is 6.18 Å². The largest absolute Gasteiger partial charge is 0.417 e. The van der Waals surface area contributed by atoms with E-state index in [1.54, 1.807) is 13.2 Å². The summed E-state index contributed by atoms with van der Waals surface area (Å²) < 4.78 is 40.1. The minimum absolute atomic E-state index is 0.0192. The molecule has 0 spiro atoms. The number of hydrogen-bond acceptors (Lipinski definition) is 2. The average Bonchev–Trinajstić information content (AvgIpc) is 2.69. The number of amides is 1. The molecule has 0 aliphatic heterocycles. The van der Waals surface area contributed by atoms with E-state index in [1.807, 2.05) is 0 Å². The van der Waals surface area contributed by atoms with Gasteiger partial charge in [-0.1, -0.05) is 11.6 Å². The van der Waals surface area contributed by atoms with Crippen molar-refractivity contribution in [3.05, 3.63) is 45.1 Å². The maximum absolute atomic E-state index is 12.7. The number of nitrogens with one attached hydrogen (secondary N) is 1. The van der Waals surface area contributed by atoms with Crippen LogP contribution in [0, 0.1) is 0 Å². The molecular weight excluding hydrogens is 375 g/mol. The standard InChI is InChI=1S/C12H8BrClF3N3O/c1-20-5-8(13)10(19-20)11(21)18-6-2-3-9(14)7(4-6)12(15,16)17/h2-5H,1H3,(H,18,21). The van der Waals surface area contributed by atoms with Crippen LogP contribution >= 0.6 is 27.5 Å². The molecule has 0 radical (unpaired) electrons. The first-order valence-electron chi connectivity index (χ1n) is 5.55. The first-order valence-corrected chi connectivity index (χ1v) is 6.73. The second kappa shape index (κ2) is 5.69. The Kier molecular flexibility index (Phi) is 4.29. The molecule has 0 fully saturated rings. The highest BCUT2D eigenvalue weighted by molar-refractivity contribution is 9.10. The van der Waals surface area contributed by atoms with E-state index in [2.05, 4.69) is 26.3 Å². The Morgan fingerprint density at radius 1 is 1.43 bits per heavy atom.